The smallest absolute Gasteiger partial charge is 0.223 e. The van der Waals surface area contributed by atoms with Crippen molar-refractivity contribution in [3.8, 4) is 0 Å². The third-order valence-corrected chi connectivity index (χ3v) is 4.32. The predicted molar refractivity (Wildman–Crippen MR) is 85.1 cm³/mol. The van der Waals surface area contributed by atoms with Crippen molar-refractivity contribution in [3.05, 3.63) is 59.9 Å². The Morgan fingerprint density at radius 3 is 2.78 bits per heavy atom. The number of amides is 1. The van der Waals surface area contributed by atoms with Crippen LogP contribution >= 0.6 is 0 Å². The maximum absolute atomic E-state index is 13.1. The van der Waals surface area contributed by atoms with Crippen LogP contribution in [0, 0.1) is 5.82 Å². The molecule has 0 bridgehead atoms. The lowest BCUT2D eigenvalue weighted by molar-refractivity contribution is -0.135. The Kier molecular flexibility index (Phi) is 4.95. The summed E-state index contributed by atoms with van der Waals surface area (Å²) in [6.45, 7) is 0.769. The van der Waals surface area contributed by atoms with E-state index in [-0.39, 0.29) is 17.8 Å². The predicted octanol–water partition coefficient (Wildman–Crippen LogP) is 3.30. The fourth-order valence-electron chi connectivity index (χ4n) is 3.11. The SMILES string of the molecule is O=C(CCc1ccncn1)N1CCCC[C@H]1c1ccc(F)cc1. The van der Waals surface area contributed by atoms with E-state index < -0.39 is 0 Å². The van der Waals surface area contributed by atoms with Crippen LogP contribution in [-0.4, -0.2) is 27.3 Å². The number of hydrogen-bond donors (Lipinski definition) is 0. The molecule has 0 saturated carbocycles. The van der Waals surface area contributed by atoms with Crippen LogP contribution in [0.25, 0.3) is 0 Å². The van der Waals surface area contributed by atoms with Crippen LogP contribution < -0.4 is 0 Å². The summed E-state index contributed by atoms with van der Waals surface area (Å²) in [7, 11) is 0. The molecule has 1 fully saturated rings. The van der Waals surface area contributed by atoms with E-state index in [1.54, 1.807) is 18.3 Å². The highest BCUT2D eigenvalue weighted by molar-refractivity contribution is 5.77. The van der Waals surface area contributed by atoms with Gasteiger partial charge in [0, 0.05) is 24.9 Å². The minimum Gasteiger partial charge on any atom is -0.336 e. The van der Waals surface area contributed by atoms with Gasteiger partial charge in [-0.25, -0.2) is 14.4 Å². The minimum atomic E-state index is -0.244. The van der Waals surface area contributed by atoms with Gasteiger partial charge in [-0.05, 0) is 49.4 Å². The van der Waals surface area contributed by atoms with E-state index in [1.165, 1.54) is 18.5 Å². The summed E-state index contributed by atoms with van der Waals surface area (Å²) in [4.78, 5) is 22.6. The Labute approximate surface area is 135 Å². The molecule has 1 aliphatic heterocycles. The van der Waals surface area contributed by atoms with Crippen LogP contribution in [-0.2, 0) is 11.2 Å². The molecular weight excluding hydrogens is 293 g/mol. The standard InChI is InChI=1S/C18H20FN3O/c19-15-6-4-14(5-7-15)17-3-1-2-12-22(17)18(23)9-8-16-10-11-20-13-21-16/h4-7,10-11,13,17H,1-3,8-9,12H2/t17-/m0/s1. The van der Waals surface area contributed by atoms with Crippen molar-refractivity contribution in [1.82, 2.24) is 14.9 Å². The van der Waals surface area contributed by atoms with Crippen LogP contribution in [0.4, 0.5) is 4.39 Å². The first-order valence-corrected chi connectivity index (χ1v) is 8.04. The summed E-state index contributed by atoms with van der Waals surface area (Å²) < 4.78 is 13.1. The quantitative estimate of drug-likeness (QED) is 0.870. The molecule has 5 heteroatoms. The molecule has 1 aromatic carbocycles. The average molecular weight is 313 g/mol. The first-order valence-electron chi connectivity index (χ1n) is 8.04. The number of aromatic nitrogens is 2. The number of likely N-dealkylation sites (tertiary alicyclic amines) is 1. The molecule has 0 N–H and O–H groups in total. The van der Waals surface area contributed by atoms with Gasteiger partial charge in [0.2, 0.25) is 5.91 Å². The van der Waals surface area contributed by atoms with E-state index in [2.05, 4.69) is 9.97 Å². The van der Waals surface area contributed by atoms with Crippen molar-refractivity contribution in [1.29, 1.82) is 0 Å². The van der Waals surface area contributed by atoms with Crippen LogP contribution in [0.5, 0.6) is 0 Å². The molecule has 2 heterocycles. The van der Waals surface area contributed by atoms with Gasteiger partial charge in [-0.2, -0.15) is 0 Å². The molecule has 0 radical (unpaired) electrons. The molecule has 2 aromatic rings. The number of rotatable bonds is 4. The third kappa shape index (κ3) is 3.92. The Balaban J connectivity index is 1.68. The second-order valence-electron chi connectivity index (χ2n) is 5.85. The van der Waals surface area contributed by atoms with E-state index in [1.807, 2.05) is 11.0 Å². The molecule has 1 atom stereocenters. The lowest BCUT2D eigenvalue weighted by Gasteiger charge is -2.36. The van der Waals surface area contributed by atoms with Crippen LogP contribution in [0.3, 0.4) is 0 Å². The van der Waals surface area contributed by atoms with Crippen LogP contribution in [0.15, 0.2) is 42.9 Å². The monoisotopic (exact) mass is 313 g/mol. The molecule has 1 aromatic heterocycles. The lowest BCUT2D eigenvalue weighted by atomic mass is 9.94. The van der Waals surface area contributed by atoms with E-state index in [4.69, 9.17) is 0 Å². The van der Waals surface area contributed by atoms with Crippen LogP contribution in [0.2, 0.25) is 0 Å². The van der Waals surface area contributed by atoms with Gasteiger partial charge in [0.05, 0.1) is 6.04 Å². The molecule has 3 rings (SSSR count). The number of carbonyl (C=O) groups is 1. The molecule has 1 aliphatic rings. The molecule has 120 valence electrons. The van der Waals surface area contributed by atoms with Crippen molar-refractivity contribution in [2.45, 2.75) is 38.1 Å². The summed E-state index contributed by atoms with van der Waals surface area (Å²) >= 11 is 0. The van der Waals surface area contributed by atoms with Crippen molar-refractivity contribution >= 4 is 5.91 Å². The highest BCUT2D eigenvalue weighted by atomic mass is 19.1. The largest absolute Gasteiger partial charge is 0.336 e. The summed E-state index contributed by atoms with van der Waals surface area (Å²) in [5, 5.41) is 0. The maximum atomic E-state index is 13.1. The summed E-state index contributed by atoms with van der Waals surface area (Å²) in [6.07, 6.45) is 7.30. The molecule has 1 saturated heterocycles. The number of benzene rings is 1. The fraction of sp³-hybridized carbons (Fsp3) is 0.389. The Morgan fingerprint density at radius 1 is 1.22 bits per heavy atom. The van der Waals surface area contributed by atoms with Gasteiger partial charge in [-0.15, -0.1) is 0 Å². The molecule has 0 aliphatic carbocycles. The highest BCUT2D eigenvalue weighted by Crippen LogP contribution is 2.31. The number of piperidine rings is 1. The zero-order valence-electron chi connectivity index (χ0n) is 13.0. The molecule has 0 unspecified atom stereocenters. The number of hydrogen-bond acceptors (Lipinski definition) is 3. The van der Waals surface area contributed by atoms with Gasteiger partial charge in [0.1, 0.15) is 12.1 Å². The number of nitrogens with zero attached hydrogens (tertiary/aromatic N) is 3. The second-order valence-corrected chi connectivity index (χ2v) is 5.85. The summed E-state index contributed by atoms with van der Waals surface area (Å²) in [6, 6.07) is 8.40. The highest BCUT2D eigenvalue weighted by Gasteiger charge is 2.27. The summed E-state index contributed by atoms with van der Waals surface area (Å²) in [5.41, 5.74) is 1.89. The second kappa shape index (κ2) is 7.31. The average Bonchev–Trinajstić information content (AvgIpc) is 2.61. The van der Waals surface area contributed by atoms with Gasteiger partial charge in [-0.3, -0.25) is 4.79 Å². The normalized spacial score (nSPS) is 18.0. The zero-order chi connectivity index (χ0) is 16.1. The van der Waals surface area contributed by atoms with E-state index >= 15 is 0 Å². The minimum absolute atomic E-state index is 0.0576. The Bertz CT molecular complexity index is 645. The van der Waals surface area contributed by atoms with E-state index in [0.717, 1.165) is 37.1 Å². The zero-order valence-corrected chi connectivity index (χ0v) is 13.0. The molecule has 1 amide bonds. The molecule has 4 nitrogen and oxygen atoms in total. The first kappa shape index (κ1) is 15.6. The van der Waals surface area contributed by atoms with Gasteiger partial charge >= 0.3 is 0 Å². The number of aryl methyl sites for hydroxylation is 1. The van der Waals surface area contributed by atoms with E-state index in [9.17, 15) is 9.18 Å². The Hall–Kier alpha value is -2.30. The van der Waals surface area contributed by atoms with Gasteiger partial charge in [0.15, 0.2) is 0 Å². The van der Waals surface area contributed by atoms with Gasteiger partial charge in [0.25, 0.3) is 0 Å². The molecular formula is C18H20FN3O. The topological polar surface area (TPSA) is 46.1 Å². The summed E-state index contributed by atoms with van der Waals surface area (Å²) in [5.74, 6) is -0.108. The number of carbonyl (C=O) groups excluding carboxylic acids is 1. The molecule has 0 spiro atoms. The first-order chi connectivity index (χ1) is 11.2. The van der Waals surface area contributed by atoms with Crippen molar-refractivity contribution < 1.29 is 9.18 Å². The van der Waals surface area contributed by atoms with Gasteiger partial charge < -0.3 is 4.90 Å². The van der Waals surface area contributed by atoms with Crippen molar-refractivity contribution in [3.63, 3.8) is 0 Å². The fourth-order valence-corrected chi connectivity index (χ4v) is 3.11. The maximum Gasteiger partial charge on any atom is 0.223 e. The van der Waals surface area contributed by atoms with Gasteiger partial charge in [-0.1, -0.05) is 12.1 Å². The van der Waals surface area contributed by atoms with E-state index in [0.29, 0.717) is 12.8 Å². The van der Waals surface area contributed by atoms with Crippen molar-refractivity contribution in [2.24, 2.45) is 0 Å². The third-order valence-electron chi connectivity index (χ3n) is 4.32. The Morgan fingerprint density at radius 2 is 2.04 bits per heavy atom. The lowest BCUT2D eigenvalue weighted by Crippen LogP contribution is -2.38. The number of halogens is 1. The van der Waals surface area contributed by atoms with Crippen molar-refractivity contribution in [2.75, 3.05) is 6.54 Å². The molecule has 23 heavy (non-hydrogen) atoms. The van der Waals surface area contributed by atoms with Crippen LogP contribution in [0.1, 0.15) is 43.0 Å².